The monoisotopic (exact) mass is 374 g/mol. The highest BCUT2D eigenvalue weighted by Gasteiger charge is 2.16. The second kappa shape index (κ2) is 7.79. The molecule has 1 amide bonds. The van der Waals surface area contributed by atoms with Gasteiger partial charge in [-0.2, -0.15) is 0 Å². The molecule has 2 aromatic heterocycles. The molecule has 4 rings (SSSR count). The van der Waals surface area contributed by atoms with E-state index in [-0.39, 0.29) is 11.6 Å². The van der Waals surface area contributed by atoms with Crippen LogP contribution < -0.4 is 10.1 Å². The van der Waals surface area contributed by atoms with Gasteiger partial charge in [-0.15, -0.1) is 0 Å². The molecule has 0 atom stereocenters. The number of nitrogens with one attached hydrogen (secondary N) is 1. The smallest absolute Gasteiger partial charge is 0.277 e. The van der Waals surface area contributed by atoms with E-state index in [9.17, 15) is 4.79 Å². The van der Waals surface area contributed by atoms with Crippen molar-refractivity contribution in [3.63, 3.8) is 0 Å². The number of benzene rings is 2. The molecule has 0 saturated heterocycles. The van der Waals surface area contributed by atoms with Crippen LogP contribution in [0.15, 0.2) is 77.8 Å². The van der Waals surface area contributed by atoms with Gasteiger partial charge in [-0.25, -0.2) is 4.98 Å². The van der Waals surface area contributed by atoms with Gasteiger partial charge in [0.15, 0.2) is 11.5 Å². The Labute approximate surface area is 161 Å². The van der Waals surface area contributed by atoms with Crippen molar-refractivity contribution in [1.82, 2.24) is 14.7 Å². The number of anilines is 1. The first-order valence-corrected chi connectivity index (χ1v) is 8.69. The number of hydrogen-bond acceptors (Lipinski definition) is 5. The SMILES string of the molecule is COc1ccccc1-c1cc(C(=O)Nc2cccc(Cn3ccnc3)c2)no1. The van der Waals surface area contributed by atoms with Crippen LogP contribution in [0.5, 0.6) is 5.75 Å². The molecule has 140 valence electrons. The summed E-state index contributed by atoms with van der Waals surface area (Å²) in [6.45, 7) is 0.672. The molecule has 28 heavy (non-hydrogen) atoms. The van der Waals surface area contributed by atoms with E-state index in [1.807, 2.05) is 59.3 Å². The van der Waals surface area contributed by atoms with E-state index >= 15 is 0 Å². The molecular weight excluding hydrogens is 356 g/mol. The molecule has 0 saturated carbocycles. The Morgan fingerprint density at radius 3 is 2.89 bits per heavy atom. The van der Waals surface area contributed by atoms with Gasteiger partial charge in [0.25, 0.3) is 5.91 Å². The quantitative estimate of drug-likeness (QED) is 0.554. The normalized spacial score (nSPS) is 10.6. The highest BCUT2D eigenvalue weighted by molar-refractivity contribution is 6.03. The Morgan fingerprint density at radius 1 is 1.18 bits per heavy atom. The number of hydrogen-bond donors (Lipinski definition) is 1. The predicted octanol–water partition coefficient (Wildman–Crippen LogP) is 3.85. The Hall–Kier alpha value is -3.87. The number of methoxy groups -OCH3 is 1. The average molecular weight is 374 g/mol. The first kappa shape index (κ1) is 17.5. The summed E-state index contributed by atoms with van der Waals surface area (Å²) in [6.07, 6.45) is 5.37. The maximum Gasteiger partial charge on any atom is 0.277 e. The molecule has 0 aliphatic rings. The minimum Gasteiger partial charge on any atom is -0.496 e. The number of carbonyl (C=O) groups is 1. The summed E-state index contributed by atoms with van der Waals surface area (Å²) in [7, 11) is 1.58. The number of ether oxygens (including phenoxy) is 1. The third kappa shape index (κ3) is 3.78. The second-order valence-electron chi connectivity index (χ2n) is 6.17. The van der Waals surface area contributed by atoms with Gasteiger partial charge in [0.2, 0.25) is 0 Å². The molecule has 0 fully saturated rings. The van der Waals surface area contributed by atoms with Gasteiger partial charge in [-0.05, 0) is 29.8 Å². The van der Waals surface area contributed by atoms with Gasteiger partial charge in [-0.3, -0.25) is 4.79 Å². The van der Waals surface area contributed by atoms with Crippen LogP contribution >= 0.6 is 0 Å². The van der Waals surface area contributed by atoms with Crippen molar-refractivity contribution in [1.29, 1.82) is 0 Å². The topological polar surface area (TPSA) is 82.2 Å². The van der Waals surface area contributed by atoms with E-state index in [4.69, 9.17) is 9.26 Å². The molecule has 4 aromatic rings. The summed E-state index contributed by atoms with van der Waals surface area (Å²) < 4.78 is 12.6. The first-order chi connectivity index (χ1) is 13.7. The lowest BCUT2D eigenvalue weighted by molar-refractivity contribution is 0.101. The molecular formula is C21H18N4O3. The number of amides is 1. The lowest BCUT2D eigenvalue weighted by Gasteiger charge is -2.07. The van der Waals surface area contributed by atoms with Crippen LogP contribution in [0.2, 0.25) is 0 Å². The van der Waals surface area contributed by atoms with Crippen molar-refractivity contribution in [2.45, 2.75) is 6.54 Å². The number of rotatable bonds is 6. The van der Waals surface area contributed by atoms with E-state index in [1.54, 1.807) is 25.7 Å². The number of imidazole rings is 1. The standard InChI is InChI=1S/C21H18N4O3/c1-27-19-8-3-2-7-17(19)20-12-18(24-28-20)21(26)23-16-6-4-5-15(11-16)13-25-10-9-22-14-25/h2-12,14H,13H2,1H3,(H,23,26). The fraction of sp³-hybridized carbons (Fsp3) is 0.0952. The largest absolute Gasteiger partial charge is 0.496 e. The van der Waals surface area contributed by atoms with Gasteiger partial charge in [0.05, 0.1) is 19.0 Å². The van der Waals surface area contributed by atoms with E-state index < -0.39 is 0 Å². The fourth-order valence-corrected chi connectivity index (χ4v) is 2.89. The summed E-state index contributed by atoms with van der Waals surface area (Å²) in [5.41, 5.74) is 2.66. The van der Waals surface area contributed by atoms with Crippen LogP contribution in [0.4, 0.5) is 5.69 Å². The van der Waals surface area contributed by atoms with E-state index in [0.717, 1.165) is 11.1 Å². The van der Waals surface area contributed by atoms with E-state index in [1.165, 1.54) is 0 Å². The lowest BCUT2D eigenvalue weighted by atomic mass is 10.1. The summed E-state index contributed by atoms with van der Waals surface area (Å²) in [6, 6.07) is 16.6. The second-order valence-corrected chi connectivity index (χ2v) is 6.17. The van der Waals surface area contributed by atoms with Crippen LogP contribution in [0.3, 0.4) is 0 Å². The van der Waals surface area contributed by atoms with Crippen LogP contribution in [-0.2, 0) is 6.54 Å². The molecule has 0 aliphatic heterocycles. The van der Waals surface area contributed by atoms with E-state index in [2.05, 4.69) is 15.5 Å². The Balaban J connectivity index is 1.49. The molecule has 0 radical (unpaired) electrons. The molecule has 2 heterocycles. The van der Waals surface area contributed by atoms with Gasteiger partial charge in [0, 0.05) is 30.7 Å². The van der Waals surface area contributed by atoms with Crippen molar-refractivity contribution in [2.75, 3.05) is 12.4 Å². The third-order valence-electron chi connectivity index (χ3n) is 4.22. The number of nitrogens with zero attached hydrogens (tertiary/aromatic N) is 3. The van der Waals surface area contributed by atoms with Crippen LogP contribution in [-0.4, -0.2) is 27.7 Å². The van der Waals surface area contributed by atoms with Gasteiger partial charge in [0.1, 0.15) is 5.75 Å². The minimum atomic E-state index is -0.343. The lowest BCUT2D eigenvalue weighted by Crippen LogP contribution is -2.12. The summed E-state index contributed by atoms with van der Waals surface area (Å²) in [4.78, 5) is 16.6. The number of aromatic nitrogens is 3. The van der Waals surface area contributed by atoms with Crippen molar-refractivity contribution in [3.05, 3.63) is 84.6 Å². The van der Waals surface area contributed by atoms with Gasteiger partial charge in [-0.1, -0.05) is 29.4 Å². The van der Waals surface area contributed by atoms with Crippen LogP contribution in [0.1, 0.15) is 16.1 Å². The molecule has 7 nitrogen and oxygen atoms in total. The Kier molecular flexibility index (Phi) is 4.88. The highest BCUT2D eigenvalue weighted by atomic mass is 16.5. The average Bonchev–Trinajstić information content (AvgIpc) is 3.40. The van der Waals surface area contributed by atoms with Crippen LogP contribution in [0, 0.1) is 0 Å². The molecule has 1 N–H and O–H groups in total. The Morgan fingerprint density at radius 2 is 2.07 bits per heavy atom. The summed E-state index contributed by atoms with van der Waals surface area (Å²) >= 11 is 0. The minimum absolute atomic E-state index is 0.195. The van der Waals surface area contributed by atoms with Gasteiger partial charge < -0.3 is 19.1 Å². The molecule has 0 aliphatic carbocycles. The van der Waals surface area contributed by atoms with Crippen molar-refractivity contribution in [2.24, 2.45) is 0 Å². The van der Waals surface area contributed by atoms with Gasteiger partial charge >= 0.3 is 0 Å². The molecule has 2 aromatic carbocycles. The Bertz CT molecular complexity index is 1090. The molecule has 0 unspecified atom stereocenters. The highest BCUT2D eigenvalue weighted by Crippen LogP contribution is 2.30. The zero-order chi connectivity index (χ0) is 19.3. The molecule has 7 heteroatoms. The maximum atomic E-state index is 12.6. The molecule has 0 bridgehead atoms. The van der Waals surface area contributed by atoms with Crippen molar-refractivity contribution in [3.8, 4) is 17.1 Å². The predicted molar refractivity (Wildman–Crippen MR) is 104 cm³/mol. The summed E-state index contributed by atoms with van der Waals surface area (Å²) in [5.74, 6) is 0.777. The summed E-state index contributed by atoms with van der Waals surface area (Å²) in [5, 5.41) is 6.75. The zero-order valence-electron chi connectivity index (χ0n) is 15.2. The molecule has 0 spiro atoms. The van der Waals surface area contributed by atoms with Crippen molar-refractivity contribution >= 4 is 11.6 Å². The van der Waals surface area contributed by atoms with E-state index in [0.29, 0.717) is 23.7 Å². The number of carbonyl (C=O) groups excluding carboxylic acids is 1. The maximum absolute atomic E-state index is 12.6. The first-order valence-electron chi connectivity index (χ1n) is 8.69. The fourth-order valence-electron chi connectivity index (χ4n) is 2.89. The zero-order valence-corrected chi connectivity index (χ0v) is 15.2. The van der Waals surface area contributed by atoms with Crippen molar-refractivity contribution < 1.29 is 14.1 Å². The van der Waals surface area contributed by atoms with Crippen LogP contribution in [0.25, 0.3) is 11.3 Å². The number of para-hydroxylation sites is 1. The third-order valence-corrected chi connectivity index (χ3v) is 4.22.